The van der Waals surface area contributed by atoms with E-state index in [1.54, 1.807) is 19.4 Å². The van der Waals surface area contributed by atoms with E-state index in [9.17, 15) is 8.96 Å². The standard InChI is InChI=1S/C15H11Cl2FN3OP/c1-23(2,22)15-20-5-8(6-21-15)9-3-10-13(4-12(9)18)19-7-11(16)14(10)17/h3-7H,1-2H3. The van der Waals surface area contributed by atoms with Gasteiger partial charge in [0.2, 0.25) is 0 Å². The van der Waals surface area contributed by atoms with Crippen molar-refractivity contribution in [3.8, 4) is 11.1 Å². The molecule has 118 valence electrons. The Morgan fingerprint density at radius 3 is 2.30 bits per heavy atom. The van der Waals surface area contributed by atoms with Gasteiger partial charge in [-0.25, -0.2) is 14.4 Å². The largest absolute Gasteiger partial charge is 0.316 e. The van der Waals surface area contributed by atoms with Crippen molar-refractivity contribution in [1.82, 2.24) is 15.0 Å². The molecule has 0 radical (unpaired) electrons. The van der Waals surface area contributed by atoms with Crippen molar-refractivity contribution < 1.29 is 8.96 Å². The van der Waals surface area contributed by atoms with E-state index in [2.05, 4.69) is 15.0 Å². The van der Waals surface area contributed by atoms with Gasteiger partial charge in [0, 0.05) is 41.2 Å². The van der Waals surface area contributed by atoms with Gasteiger partial charge in [0.1, 0.15) is 13.0 Å². The van der Waals surface area contributed by atoms with E-state index in [0.29, 0.717) is 26.5 Å². The van der Waals surface area contributed by atoms with Crippen LogP contribution in [0.2, 0.25) is 10.0 Å². The number of nitrogens with zero attached hydrogens (tertiary/aromatic N) is 3. The van der Waals surface area contributed by atoms with Crippen LogP contribution in [-0.4, -0.2) is 28.3 Å². The third-order valence-electron chi connectivity index (χ3n) is 3.28. The van der Waals surface area contributed by atoms with Crippen molar-refractivity contribution >= 4 is 46.8 Å². The van der Waals surface area contributed by atoms with Gasteiger partial charge in [-0.1, -0.05) is 23.2 Å². The number of pyridine rings is 1. The minimum absolute atomic E-state index is 0.255. The maximum Gasteiger partial charge on any atom is 0.188 e. The highest BCUT2D eigenvalue weighted by Crippen LogP contribution is 2.35. The molecule has 0 fully saturated rings. The Balaban J connectivity index is 2.18. The van der Waals surface area contributed by atoms with Crippen molar-refractivity contribution in [3.63, 3.8) is 0 Å². The second kappa shape index (κ2) is 5.82. The first-order valence-electron chi connectivity index (χ1n) is 6.58. The molecular weight excluding hydrogens is 359 g/mol. The summed E-state index contributed by atoms with van der Waals surface area (Å²) >= 11 is 12.1. The second-order valence-electron chi connectivity index (χ2n) is 5.39. The summed E-state index contributed by atoms with van der Waals surface area (Å²) in [6.45, 7) is 3.15. The molecule has 23 heavy (non-hydrogen) atoms. The van der Waals surface area contributed by atoms with Gasteiger partial charge in [0.05, 0.1) is 15.6 Å². The van der Waals surface area contributed by atoms with Gasteiger partial charge in [-0.05, 0) is 19.4 Å². The molecule has 3 aromatic rings. The van der Waals surface area contributed by atoms with E-state index >= 15 is 0 Å². The summed E-state index contributed by atoms with van der Waals surface area (Å²) < 4.78 is 26.3. The molecule has 8 heteroatoms. The van der Waals surface area contributed by atoms with Gasteiger partial charge < -0.3 is 4.57 Å². The molecule has 0 spiro atoms. The number of rotatable bonds is 2. The van der Waals surface area contributed by atoms with Crippen molar-refractivity contribution in [2.24, 2.45) is 0 Å². The highest BCUT2D eigenvalue weighted by atomic mass is 35.5. The predicted molar refractivity (Wildman–Crippen MR) is 91.8 cm³/mol. The van der Waals surface area contributed by atoms with Crippen molar-refractivity contribution in [3.05, 3.63) is 46.6 Å². The Bertz CT molecular complexity index is 957. The Hall–Kier alpha value is -1.55. The first kappa shape index (κ1) is 16.3. The van der Waals surface area contributed by atoms with Crippen LogP contribution in [0.5, 0.6) is 0 Å². The molecule has 0 aliphatic heterocycles. The summed E-state index contributed by atoms with van der Waals surface area (Å²) in [4.78, 5) is 12.2. The lowest BCUT2D eigenvalue weighted by molar-refractivity contribution is 0.587. The Morgan fingerprint density at radius 2 is 1.70 bits per heavy atom. The zero-order valence-corrected chi connectivity index (χ0v) is 14.6. The normalized spacial score (nSPS) is 11.9. The van der Waals surface area contributed by atoms with Crippen LogP contribution >= 0.6 is 30.3 Å². The summed E-state index contributed by atoms with van der Waals surface area (Å²) in [5, 5.41) is 1.14. The van der Waals surface area contributed by atoms with Gasteiger partial charge >= 0.3 is 0 Å². The number of hydrogen-bond acceptors (Lipinski definition) is 4. The monoisotopic (exact) mass is 369 g/mol. The molecular formula is C15H11Cl2FN3OP. The number of benzene rings is 1. The van der Waals surface area contributed by atoms with Crippen molar-refractivity contribution in [2.45, 2.75) is 0 Å². The molecule has 0 saturated heterocycles. The van der Waals surface area contributed by atoms with E-state index < -0.39 is 13.0 Å². The predicted octanol–water partition coefficient (Wildman–Crippen LogP) is 4.39. The fourth-order valence-corrected chi connectivity index (χ4v) is 3.14. The average Bonchev–Trinajstić information content (AvgIpc) is 2.50. The average molecular weight is 370 g/mol. The molecule has 0 aliphatic rings. The summed E-state index contributed by atoms with van der Waals surface area (Å²) in [5.74, 6) is -0.476. The highest BCUT2D eigenvalue weighted by molar-refractivity contribution is 7.69. The molecule has 4 nitrogen and oxygen atoms in total. The van der Waals surface area contributed by atoms with Gasteiger partial charge in [-0.2, -0.15) is 0 Å². The topological polar surface area (TPSA) is 55.7 Å². The lowest BCUT2D eigenvalue weighted by Crippen LogP contribution is -2.12. The molecule has 0 saturated carbocycles. The van der Waals surface area contributed by atoms with Crippen molar-refractivity contribution in [1.29, 1.82) is 0 Å². The number of fused-ring (bicyclic) bond motifs is 1. The zero-order chi connectivity index (χ0) is 16.8. The lowest BCUT2D eigenvalue weighted by Gasteiger charge is -2.09. The van der Waals surface area contributed by atoms with Gasteiger partial charge in [-0.15, -0.1) is 0 Å². The quantitative estimate of drug-likeness (QED) is 0.628. The molecule has 3 rings (SSSR count). The Kier molecular flexibility index (Phi) is 4.13. The van der Waals surface area contributed by atoms with E-state index in [1.807, 2.05) is 0 Å². The molecule has 1 aromatic carbocycles. The molecule has 0 atom stereocenters. The highest BCUT2D eigenvalue weighted by Gasteiger charge is 2.16. The molecule has 0 amide bonds. The van der Waals surface area contributed by atoms with Crippen LogP contribution in [0, 0.1) is 5.82 Å². The minimum Gasteiger partial charge on any atom is -0.316 e. The maximum absolute atomic E-state index is 14.3. The van der Waals surface area contributed by atoms with E-state index in [4.69, 9.17) is 23.2 Å². The van der Waals surface area contributed by atoms with Gasteiger partial charge in [0.25, 0.3) is 0 Å². The fourth-order valence-electron chi connectivity index (χ4n) is 2.12. The third-order valence-corrected chi connectivity index (χ3v) is 5.26. The van der Waals surface area contributed by atoms with Crippen molar-refractivity contribution in [2.75, 3.05) is 13.3 Å². The summed E-state index contributed by atoms with van der Waals surface area (Å²) in [6, 6.07) is 2.84. The van der Waals surface area contributed by atoms with Crippen LogP contribution in [0.3, 0.4) is 0 Å². The Morgan fingerprint density at radius 1 is 1.04 bits per heavy atom. The van der Waals surface area contributed by atoms with E-state index in [-0.39, 0.29) is 11.1 Å². The second-order valence-corrected chi connectivity index (χ2v) is 9.28. The molecule has 0 unspecified atom stereocenters. The molecule has 0 aliphatic carbocycles. The summed E-state index contributed by atoms with van der Waals surface area (Å²) in [6.07, 6.45) is 4.26. The molecule has 0 bridgehead atoms. The fraction of sp³-hybridized carbons (Fsp3) is 0.133. The molecule has 2 aromatic heterocycles. The smallest absolute Gasteiger partial charge is 0.188 e. The first-order chi connectivity index (χ1) is 10.8. The van der Waals surface area contributed by atoms with Crippen LogP contribution in [0.15, 0.2) is 30.7 Å². The van der Waals surface area contributed by atoms with Crippen LogP contribution < -0.4 is 5.57 Å². The third kappa shape index (κ3) is 3.09. The molecule has 0 N–H and O–H groups in total. The van der Waals surface area contributed by atoms with E-state index in [1.165, 1.54) is 24.7 Å². The maximum atomic E-state index is 14.3. The van der Waals surface area contributed by atoms with Crippen LogP contribution in [0.4, 0.5) is 4.39 Å². The number of hydrogen-bond donors (Lipinski definition) is 0. The zero-order valence-electron chi connectivity index (χ0n) is 12.2. The SMILES string of the molecule is CP(C)(=O)c1ncc(-c2cc3c(Cl)c(Cl)cnc3cc2F)cn1. The van der Waals surface area contributed by atoms with E-state index in [0.717, 1.165) is 0 Å². The minimum atomic E-state index is -2.56. The van der Waals surface area contributed by atoms with Crippen LogP contribution in [0.1, 0.15) is 0 Å². The number of aromatic nitrogens is 3. The van der Waals surface area contributed by atoms with Crippen LogP contribution in [-0.2, 0) is 4.57 Å². The number of halogens is 3. The first-order valence-corrected chi connectivity index (χ1v) is 9.94. The summed E-state index contributed by atoms with van der Waals surface area (Å²) in [7, 11) is -2.56. The van der Waals surface area contributed by atoms with Gasteiger partial charge in [0.15, 0.2) is 5.57 Å². The van der Waals surface area contributed by atoms with Crippen LogP contribution in [0.25, 0.3) is 22.0 Å². The summed E-state index contributed by atoms with van der Waals surface area (Å²) in [5.41, 5.74) is 1.39. The lowest BCUT2D eigenvalue weighted by atomic mass is 10.1. The Labute approximate surface area is 142 Å². The van der Waals surface area contributed by atoms with Gasteiger partial charge in [-0.3, -0.25) is 4.98 Å². The molecule has 2 heterocycles.